The van der Waals surface area contributed by atoms with Gasteiger partial charge in [0, 0.05) is 6.42 Å². The fraction of sp³-hybridized carbons (Fsp3) is 0.500. The Morgan fingerprint density at radius 1 is 1.41 bits per heavy atom. The van der Waals surface area contributed by atoms with Crippen LogP contribution in [-0.4, -0.2) is 17.0 Å². The molecule has 0 aromatic heterocycles. The summed E-state index contributed by atoms with van der Waals surface area (Å²) in [7, 11) is 0. The first-order valence-electron chi connectivity index (χ1n) is 5.67. The molecule has 1 aromatic carbocycles. The van der Waals surface area contributed by atoms with E-state index >= 15 is 0 Å². The third-order valence-electron chi connectivity index (χ3n) is 2.79. The molecule has 3 heteroatoms. The van der Waals surface area contributed by atoms with Crippen LogP contribution in [0.25, 0.3) is 0 Å². The fourth-order valence-corrected chi connectivity index (χ4v) is 1.62. The van der Waals surface area contributed by atoms with Gasteiger partial charge in [0.15, 0.2) is 5.78 Å². The van der Waals surface area contributed by atoms with Gasteiger partial charge in [0.25, 0.3) is 0 Å². The summed E-state index contributed by atoms with van der Waals surface area (Å²) in [4.78, 5) is 11.9. The highest BCUT2D eigenvalue weighted by Crippen LogP contribution is 2.21. The van der Waals surface area contributed by atoms with Gasteiger partial charge in [-0.1, -0.05) is 26.8 Å². The van der Waals surface area contributed by atoms with E-state index in [9.17, 15) is 14.3 Å². The number of ketones is 1. The highest BCUT2D eigenvalue weighted by Gasteiger charge is 2.28. The first-order valence-corrected chi connectivity index (χ1v) is 5.67. The summed E-state index contributed by atoms with van der Waals surface area (Å²) in [5.41, 5.74) is 1.03. The molecule has 1 aromatic rings. The highest BCUT2D eigenvalue weighted by molar-refractivity contribution is 5.85. The second-order valence-corrected chi connectivity index (χ2v) is 5.48. The predicted octanol–water partition coefficient (Wildman–Crippen LogP) is 2.65. The van der Waals surface area contributed by atoms with Crippen molar-refractivity contribution >= 4 is 5.78 Å². The molecule has 2 nitrogen and oxygen atoms in total. The molecule has 0 fully saturated rings. The van der Waals surface area contributed by atoms with Crippen LogP contribution in [0.3, 0.4) is 0 Å². The molecule has 0 heterocycles. The number of benzene rings is 1. The molecule has 17 heavy (non-hydrogen) atoms. The molecule has 0 amide bonds. The lowest BCUT2D eigenvalue weighted by molar-refractivity contribution is -0.131. The molecule has 1 unspecified atom stereocenters. The molecular weight excluding hydrogens is 219 g/mol. The van der Waals surface area contributed by atoms with Gasteiger partial charge in [0.2, 0.25) is 0 Å². The van der Waals surface area contributed by atoms with Crippen molar-refractivity contribution in [2.45, 2.75) is 40.2 Å². The Morgan fingerprint density at radius 2 is 2.00 bits per heavy atom. The van der Waals surface area contributed by atoms with Crippen LogP contribution in [0.15, 0.2) is 18.2 Å². The smallest absolute Gasteiger partial charge is 0.166 e. The van der Waals surface area contributed by atoms with E-state index in [0.29, 0.717) is 0 Å². The first kappa shape index (κ1) is 13.8. The van der Waals surface area contributed by atoms with Gasteiger partial charge in [-0.05, 0) is 35.6 Å². The Labute approximate surface area is 101 Å². The molecule has 0 aliphatic heterocycles. The maximum atomic E-state index is 12.9. The Bertz CT molecular complexity index is 419. The third kappa shape index (κ3) is 3.63. The van der Waals surface area contributed by atoms with Crippen molar-refractivity contribution in [3.63, 3.8) is 0 Å². The molecule has 0 saturated carbocycles. The van der Waals surface area contributed by atoms with Crippen molar-refractivity contribution in [2.24, 2.45) is 5.41 Å². The second-order valence-electron chi connectivity index (χ2n) is 5.48. The van der Waals surface area contributed by atoms with Crippen molar-refractivity contribution < 1.29 is 14.3 Å². The first-order chi connectivity index (χ1) is 7.71. The molecule has 1 N–H and O–H groups in total. The van der Waals surface area contributed by atoms with Crippen molar-refractivity contribution in [3.8, 4) is 0 Å². The Hall–Kier alpha value is -1.22. The zero-order chi connectivity index (χ0) is 13.2. The van der Waals surface area contributed by atoms with Crippen LogP contribution in [0.5, 0.6) is 0 Å². The van der Waals surface area contributed by atoms with E-state index in [2.05, 4.69) is 0 Å². The quantitative estimate of drug-likeness (QED) is 0.879. The number of hydrogen-bond acceptors (Lipinski definition) is 2. The van der Waals surface area contributed by atoms with Crippen LogP contribution >= 0.6 is 0 Å². The van der Waals surface area contributed by atoms with E-state index in [1.54, 1.807) is 13.0 Å². The molecule has 0 aliphatic carbocycles. The fourth-order valence-electron chi connectivity index (χ4n) is 1.62. The van der Waals surface area contributed by atoms with Gasteiger partial charge >= 0.3 is 0 Å². The predicted molar refractivity (Wildman–Crippen MR) is 65.3 cm³/mol. The number of Topliss-reactive ketones (excluding diaryl/α,β-unsaturated/α-hetero) is 1. The van der Waals surface area contributed by atoms with Crippen LogP contribution in [-0.2, 0) is 11.2 Å². The molecule has 0 radical (unpaired) electrons. The van der Waals surface area contributed by atoms with Crippen LogP contribution in [0, 0.1) is 18.2 Å². The molecule has 1 atom stereocenters. The summed E-state index contributed by atoms with van der Waals surface area (Å²) in [5.74, 6) is -0.540. The summed E-state index contributed by atoms with van der Waals surface area (Å²) < 4.78 is 12.9. The van der Waals surface area contributed by atoms with Gasteiger partial charge in [0.05, 0.1) is 0 Å². The third-order valence-corrected chi connectivity index (χ3v) is 2.79. The maximum Gasteiger partial charge on any atom is 0.166 e. The van der Waals surface area contributed by atoms with Crippen molar-refractivity contribution in [3.05, 3.63) is 35.1 Å². The van der Waals surface area contributed by atoms with E-state index in [4.69, 9.17) is 0 Å². The van der Waals surface area contributed by atoms with Crippen LogP contribution in [0.4, 0.5) is 4.39 Å². The van der Waals surface area contributed by atoms with Gasteiger partial charge in [0.1, 0.15) is 11.9 Å². The monoisotopic (exact) mass is 238 g/mol. The van der Waals surface area contributed by atoms with Crippen LogP contribution in [0.1, 0.15) is 31.9 Å². The van der Waals surface area contributed by atoms with Crippen molar-refractivity contribution in [1.82, 2.24) is 0 Å². The zero-order valence-corrected chi connectivity index (χ0v) is 10.7. The minimum absolute atomic E-state index is 0.143. The normalized spacial score (nSPS) is 13.5. The lowest BCUT2D eigenvalue weighted by Gasteiger charge is -2.24. The lowest BCUT2D eigenvalue weighted by atomic mass is 9.84. The van der Waals surface area contributed by atoms with E-state index < -0.39 is 11.5 Å². The van der Waals surface area contributed by atoms with Crippen LogP contribution < -0.4 is 0 Å². The summed E-state index contributed by atoms with van der Waals surface area (Å²) >= 11 is 0. The second kappa shape index (κ2) is 4.96. The van der Waals surface area contributed by atoms with E-state index in [1.807, 2.05) is 20.8 Å². The number of aliphatic hydroxyl groups is 1. The molecule has 0 aliphatic rings. The van der Waals surface area contributed by atoms with E-state index in [1.165, 1.54) is 12.1 Å². The van der Waals surface area contributed by atoms with E-state index in [-0.39, 0.29) is 18.0 Å². The Balaban J connectivity index is 2.82. The topological polar surface area (TPSA) is 37.3 Å². The van der Waals surface area contributed by atoms with Crippen molar-refractivity contribution in [1.29, 1.82) is 0 Å². The zero-order valence-electron chi connectivity index (χ0n) is 10.7. The number of aryl methyl sites for hydroxylation is 1. The largest absolute Gasteiger partial charge is 0.385 e. The number of hydrogen-bond donors (Lipinski definition) is 1. The number of halogens is 1. The Kier molecular flexibility index (Phi) is 4.04. The minimum atomic E-state index is -0.994. The number of aliphatic hydroxyl groups excluding tert-OH is 1. The van der Waals surface area contributed by atoms with Crippen LogP contribution in [0.2, 0.25) is 0 Å². The molecule has 0 bridgehead atoms. The molecule has 0 spiro atoms. The molecule has 0 saturated heterocycles. The number of carbonyl (C=O) groups is 1. The average Bonchev–Trinajstić information content (AvgIpc) is 2.19. The summed E-state index contributed by atoms with van der Waals surface area (Å²) in [6.07, 6.45) is -0.850. The van der Waals surface area contributed by atoms with Gasteiger partial charge in [-0.2, -0.15) is 0 Å². The average molecular weight is 238 g/mol. The number of rotatable bonds is 3. The van der Waals surface area contributed by atoms with Gasteiger partial charge in [-0.25, -0.2) is 4.39 Å². The highest BCUT2D eigenvalue weighted by atomic mass is 19.1. The SMILES string of the molecule is Cc1cc(F)ccc1CC(=O)C(O)C(C)(C)C. The van der Waals surface area contributed by atoms with Gasteiger partial charge < -0.3 is 5.11 Å². The molecule has 1 rings (SSSR count). The number of carbonyl (C=O) groups excluding carboxylic acids is 1. The molecular formula is C14H19FO2. The van der Waals surface area contributed by atoms with Gasteiger partial charge in [-0.3, -0.25) is 4.79 Å². The lowest BCUT2D eigenvalue weighted by Crippen LogP contribution is -2.35. The standard InChI is InChI=1S/C14H19FO2/c1-9-7-11(15)6-5-10(9)8-12(16)13(17)14(2,3)4/h5-7,13,17H,8H2,1-4H3. The summed E-state index contributed by atoms with van der Waals surface area (Å²) in [6.45, 7) is 7.20. The van der Waals surface area contributed by atoms with Crippen molar-refractivity contribution in [2.75, 3.05) is 0 Å². The maximum absolute atomic E-state index is 12.9. The van der Waals surface area contributed by atoms with Gasteiger partial charge in [-0.15, -0.1) is 0 Å². The molecule has 94 valence electrons. The summed E-state index contributed by atoms with van der Waals surface area (Å²) in [5, 5.41) is 9.84. The Morgan fingerprint density at radius 3 is 2.47 bits per heavy atom. The minimum Gasteiger partial charge on any atom is -0.385 e. The summed E-state index contributed by atoms with van der Waals surface area (Å²) in [6, 6.07) is 4.32. The van der Waals surface area contributed by atoms with E-state index in [0.717, 1.165) is 11.1 Å².